The molecule has 0 saturated heterocycles. The zero-order chi connectivity index (χ0) is 14.0. The lowest BCUT2D eigenvalue weighted by molar-refractivity contribution is 0.276. The maximum absolute atomic E-state index is 6.15. The summed E-state index contributed by atoms with van der Waals surface area (Å²) in [5.74, 6) is 2.50. The Morgan fingerprint density at radius 3 is 2.58 bits per heavy atom. The number of nitrogens with zero attached hydrogens (tertiary/aromatic N) is 3. The minimum atomic E-state index is 0.558. The summed E-state index contributed by atoms with van der Waals surface area (Å²) in [6, 6.07) is 0.568. The molecule has 1 atom stereocenters. The highest BCUT2D eigenvalue weighted by Crippen LogP contribution is 2.34. The molecule has 1 aromatic rings. The fraction of sp³-hybridized carbons (Fsp3) is 0.714. The molecular formula is C14H23ClN4. The molecule has 0 radical (unpaired) electrons. The van der Waals surface area contributed by atoms with Crippen LogP contribution in [0.3, 0.4) is 0 Å². The van der Waals surface area contributed by atoms with Crippen LogP contribution in [0.5, 0.6) is 0 Å². The Bertz CT molecular complexity index is 441. The third-order valence-corrected chi connectivity index (χ3v) is 4.13. The summed E-state index contributed by atoms with van der Waals surface area (Å²) < 4.78 is 0. The van der Waals surface area contributed by atoms with E-state index in [1.54, 1.807) is 0 Å². The van der Waals surface area contributed by atoms with Crippen LogP contribution in [0.15, 0.2) is 0 Å². The molecule has 1 heterocycles. The number of hydrogen-bond acceptors (Lipinski definition) is 4. The van der Waals surface area contributed by atoms with E-state index in [1.165, 1.54) is 12.8 Å². The van der Waals surface area contributed by atoms with Crippen molar-refractivity contribution < 1.29 is 0 Å². The van der Waals surface area contributed by atoms with Crippen molar-refractivity contribution in [3.63, 3.8) is 0 Å². The van der Waals surface area contributed by atoms with Gasteiger partial charge in [-0.25, -0.2) is 9.97 Å². The molecule has 1 aromatic heterocycles. The molecule has 1 unspecified atom stereocenters. The second kappa shape index (κ2) is 6.06. The normalized spacial score (nSPS) is 16.7. The van der Waals surface area contributed by atoms with Gasteiger partial charge in [0.1, 0.15) is 16.8 Å². The van der Waals surface area contributed by atoms with Gasteiger partial charge in [0.2, 0.25) is 0 Å². The summed E-state index contributed by atoms with van der Waals surface area (Å²) >= 11 is 6.15. The third-order valence-electron chi connectivity index (χ3n) is 3.76. The lowest BCUT2D eigenvalue weighted by Crippen LogP contribution is -2.36. The molecule has 5 heteroatoms. The van der Waals surface area contributed by atoms with Crippen molar-refractivity contribution in [1.82, 2.24) is 14.9 Å². The van der Waals surface area contributed by atoms with Gasteiger partial charge in [0.15, 0.2) is 0 Å². The minimum Gasteiger partial charge on any atom is -0.368 e. The van der Waals surface area contributed by atoms with Gasteiger partial charge in [0, 0.05) is 24.6 Å². The first-order chi connectivity index (χ1) is 9.02. The van der Waals surface area contributed by atoms with Crippen LogP contribution in [-0.4, -0.2) is 41.5 Å². The molecule has 1 aliphatic carbocycles. The number of halogens is 1. The zero-order valence-corrected chi connectivity index (χ0v) is 13.0. The zero-order valence-electron chi connectivity index (χ0n) is 12.2. The number of likely N-dealkylation sites (N-methyl/N-ethyl adjacent to an activating group) is 1. The molecule has 0 aliphatic heterocycles. The molecule has 19 heavy (non-hydrogen) atoms. The molecule has 106 valence electrons. The molecule has 1 N–H and O–H groups in total. The average Bonchev–Trinajstić information content (AvgIpc) is 3.18. The second-order valence-electron chi connectivity index (χ2n) is 5.51. The topological polar surface area (TPSA) is 41.1 Å². The van der Waals surface area contributed by atoms with Crippen LogP contribution in [0.2, 0.25) is 5.15 Å². The predicted octanol–water partition coefficient (Wildman–Crippen LogP) is 2.75. The first-order valence-corrected chi connectivity index (χ1v) is 7.34. The minimum absolute atomic E-state index is 0.558. The largest absolute Gasteiger partial charge is 0.368 e. The molecular weight excluding hydrogens is 260 g/mol. The molecule has 2 rings (SSSR count). The number of aromatic nitrogens is 2. The maximum Gasteiger partial charge on any atom is 0.137 e. The van der Waals surface area contributed by atoms with Crippen LogP contribution >= 0.6 is 11.6 Å². The monoisotopic (exact) mass is 282 g/mol. The third kappa shape index (κ3) is 3.57. The lowest BCUT2D eigenvalue weighted by atomic mass is 10.1. The lowest BCUT2D eigenvalue weighted by Gasteiger charge is -2.25. The second-order valence-corrected chi connectivity index (χ2v) is 5.87. The smallest absolute Gasteiger partial charge is 0.137 e. The standard InChI is InChI=1S/C14H23ClN4/c1-5-12-17-13(15)9(2)14(18-12)16-8-11(19(3)4)10-6-7-10/h10-11H,5-8H2,1-4H3,(H,16,17,18). The highest BCUT2D eigenvalue weighted by Gasteiger charge is 2.32. The van der Waals surface area contributed by atoms with Crippen molar-refractivity contribution >= 4 is 17.4 Å². The van der Waals surface area contributed by atoms with E-state index in [4.69, 9.17) is 11.6 Å². The van der Waals surface area contributed by atoms with E-state index in [2.05, 4.69) is 34.3 Å². The number of hydrogen-bond donors (Lipinski definition) is 1. The summed E-state index contributed by atoms with van der Waals surface area (Å²) in [4.78, 5) is 11.1. The van der Waals surface area contributed by atoms with E-state index >= 15 is 0 Å². The van der Waals surface area contributed by atoms with E-state index in [1.807, 2.05) is 13.8 Å². The van der Waals surface area contributed by atoms with Crippen molar-refractivity contribution in [2.45, 2.75) is 39.2 Å². The summed E-state index contributed by atoms with van der Waals surface area (Å²) in [6.45, 7) is 4.92. The van der Waals surface area contributed by atoms with Gasteiger partial charge in [-0.1, -0.05) is 18.5 Å². The van der Waals surface area contributed by atoms with Crippen LogP contribution in [-0.2, 0) is 6.42 Å². The average molecular weight is 283 g/mol. The van der Waals surface area contributed by atoms with E-state index in [-0.39, 0.29) is 0 Å². The number of nitrogens with one attached hydrogen (secondary N) is 1. The molecule has 0 aromatic carbocycles. The van der Waals surface area contributed by atoms with Gasteiger partial charge >= 0.3 is 0 Å². The van der Waals surface area contributed by atoms with Gasteiger partial charge in [0.05, 0.1) is 0 Å². The molecule has 4 nitrogen and oxygen atoms in total. The van der Waals surface area contributed by atoms with Gasteiger partial charge < -0.3 is 10.2 Å². The Balaban J connectivity index is 2.07. The highest BCUT2D eigenvalue weighted by molar-refractivity contribution is 6.30. The van der Waals surface area contributed by atoms with Crippen LogP contribution in [0.1, 0.15) is 31.2 Å². The summed E-state index contributed by atoms with van der Waals surface area (Å²) in [6.07, 6.45) is 3.48. The Labute approximate surface area is 120 Å². The van der Waals surface area contributed by atoms with Gasteiger partial charge in [0.25, 0.3) is 0 Å². The van der Waals surface area contributed by atoms with Gasteiger partial charge in [-0.3, -0.25) is 0 Å². The SMILES string of the molecule is CCc1nc(Cl)c(C)c(NCC(C2CC2)N(C)C)n1. The Hall–Kier alpha value is -0.870. The number of anilines is 1. The van der Waals surface area contributed by atoms with Gasteiger partial charge in [-0.2, -0.15) is 0 Å². The van der Waals surface area contributed by atoms with Crippen molar-refractivity contribution in [1.29, 1.82) is 0 Å². The molecule has 1 aliphatic rings. The van der Waals surface area contributed by atoms with Crippen LogP contribution < -0.4 is 5.32 Å². The quantitative estimate of drug-likeness (QED) is 0.815. The predicted molar refractivity (Wildman–Crippen MR) is 79.8 cm³/mol. The highest BCUT2D eigenvalue weighted by atomic mass is 35.5. The Kier molecular flexibility index (Phi) is 4.63. The molecule has 0 spiro atoms. The summed E-state index contributed by atoms with van der Waals surface area (Å²) in [7, 11) is 4.28. The number of rotatable bonds is 6. The number of aryl methyl sites for hydroxylation is 1. The Morgan fingerprint density at radius 2 is 2.05 bits per heavy atom. The van der Waals surface area contributed by atoms with Crippen molar-refractivity contribution in [2.75, 3.05) is 26.0 Å². The molecule has 0 bridgehead atoms. The fourth-order valence-electron chi connectivity index (χ4n) is 2.32. The van der Waals surface area contributed by atoms with E-state index < -0.39 is 0 Å². The summed E-state index contributed by atoms with van der Waals surface area (Å²) in [5, 5.41) is 4.01. The van der Waals surface area contributed by atoms with Gasteiger partial charge in [-0.05, 0) is 39.8 Å². The van der Waals surface area contributed by atoms with Crippen LogP contribution in [0.4, 0.5) is 5.82 Å². The molecule has 1 saturated carbocycles. The van der Waals surface area contributed by atoms with E-state index in [0.717, 1.165) is 36.1 Å². The van der Waals surface area contributed by atoms with Gasteiger partial charge in [-0.15, -0.1) is 0 Å². The maximum atomic E-state index is 6.15. The molecule has 1 fully saturated rings. The van der Waals surface area contributed by atoms with E-state index in [9.17, 15) is 0 Å². The van der Waals surface area contributed by atoms with Crippen LogP contribution in [0, 0.1) is 12.8 Å². The van der Waals surface area contributed by atoms with E-state index in [0.29, 0.717) is 11.2 Å². The first-order valence-electron chi connectivity index (χ1n) is 6.96. The van der Waals surface area contributed by atoms with Crippen molar-refractivity contribution in [3.8, 4) is 0 Å². The van der Waals surface area contributed by atoms with Crippen molar-refractivity contribution in [3.05, 3.63) is 16.5 Å². The van der Waals surface area contributed by atoms with Crippen molar-refractivity contribution in [2.24, 2.45) is 5.92 Å². The fourth-order valence-corrected chi connectivity index (χ4v) is 2.50. The summed E-state index contributed by atoms with van der Waals surface area (Å²) in [5.41, 5.74) is 0.937. The first kappa shape index (κ1) is 14.5. The van der Waals surface area contributed by atoms with Crippen LogP contribution in [0.25, 0.3) is 0 Å². The Morgan fingerprint density at radius 1 is 1.37 bits per heavy atom. The molecule has 0 amide bonds.